The van der Waals surface area contributed by atoms with Crippen molar-refractivity contribution in [2.24, 2.45) is 0 Å². The van der Waals surface area contributed by atoms with E-state index in [0.29, 0.717) is 10.6 Å². The van der Waals surface area contributed by atoms with Gasteiger partial charge in [-0.15, -0.1) is 6.58 Å². The van der Waals surface area contributed by atoms with Crippen molar-refractivity contribution in [3.8, 4) is 0 Å². The van der Waals surface area contributed by atoms with Gasteiger partial charge < -0.3 is 5.32 Å². The van der Waals surface area contributed by atoms with Gasteiger partial charge >= 0.3 is 0 Å². The Morgan fingerprint density at radius 1 is 1.57 bits per heavy atom. The van der Waals surface area contributed by atoms with Crippen LogP contribution in [-0.4, -0.2) is 6.04 Å². The van der Waals surface area contributed by atoms with Crippen molar-refractivity contribution in [3.05, 3.63) is 41.2 Å². The van der Waals surface area contributed by atoms with Crippen LogP contribution < -0.4 is 5.32 Å². The SMILES string of the molecule is C=CC(C)Nc1cc(C)c(F)cc1Cl. The van der Waals surface area contributed by atoms with Gasteiger partial charge in [0.25, 0.3) is 0 Å². The molecule has 3 heteroatoms. The molecular weight excluding hydrogens is 201 g/mol. The van der Waals surface area contributed by atoms with Gasteiger partial charge in [0.2, 0.25) is 0 Å². The monoisotopic (exact) mass is 213 g/mol. The van der Waals surface area contributed by atoms with Crippen LogP contribution in [-0.2, 0) is 0 Å². The Labute approximate surface area is 88.6 Å². The third-order valence-corrected chi connectivity index (χ3v) is 2.30. The summed E-state index contributed by atoms with van der Waals surface area (Å²) in [5.74, 6) is -0.285. The molecule has 76 valence electrons. The van der Waals surface area contributed by atoms with Gasteiger partial charge in [-0.1, -0.05) is 17.7 Å². The van der Waals surface area contributed by atoms with Crippen LogP contribution in [0.1, 0.15) is 12.5 Å². The lowest BCUT2D eigenvalue weighted by Gasteiger charge is -2.13. The highest BCUT2D eigenvalue weighted by atomic mass is 35.5. The van der Waals surface area contributed by atoms with Crippen LogP contribution in [0.2, 0.25) is 5.02 Å². The molecule has 0 radical (unpaired) electrons. The molecule has 0 aromatic heterocycles. The predicted octanol–water partition coefficient (Wildman–Crippen LogP) is 3.77. The van der Waals surface area contributed by atoms with Gasteiger partial charge in [-0.25, -0.2) is 4.39 Å². The third kappa shape index (κ3) is 2.48. The van der Waals surface area contributed by atoms with E-state index in [-0.39, 0.29) is 11.9 Å². The number of rotatable bonds is 3. The van der Waals surface area contributed by atoms with Crippen molar-refractivity contribution in [1.82, 2.24) is 0 Å². The number of anilines is 1. The molecule has 1 atom stereocenters. The first kappa shape index (κ1) is 11.1. The van der Waals surface area contributed by atoms with Crippen LogP contribution in [0.3, 0.4) is 0 Å². The lowest BCUT2D eigenvalue weighted by atomic mass is 10.2. The quantitative estimate of drug-likeness (QED) is 0.754. The molecule has 1 N–H and O–H groups in total. The van der Waals surface area contributed by atoms with Gasteiger partial charge in [0.05, 0.1) is 10.7 Å². The van der Waals surface area contributed by atoms with Crippen molar-refractivity contribution < 1.29 is 4.39 Å². The van der Waals surface area contributed by atoms with Gasteiger partial charge in [0.15, 0.2) is 0 Å². The van der Waals surface area contributed by atoms with E-state index in [1.54, 1.807) is 19.1 Å². The molecule has 1 unspecified atom stereocenters. The summed E-state index contributed by atoms with van der Waals surface area (Å²) < 4.78 is 13.0. The van der Waals surface area contributed by atoms with Crippen LogP contribution in [0.5, 0.6) is 0 Å². The van der Waals surface area contributed by atoms with Crippen LogP contribution in [0.25, 0.3) is 0 Å². The van der Waals surface area contributed by atoms with E-state index >= 15 is 0 Å². The minimum Gasteiger partial charge on any atom is -0.378 e. The van der Waals surface area contributed by atoms with Gasteiger partial charge in [-0.2, -0.15) is 0 Å². The molecular formula is C11H13ClFN. The van der Waals surface area contributed by atoms with Gasteiger partial charge in [0.1, 0.15) is 5.82 Å². The summed E-state index contributed by atoms with van der Waals surface area (Å²) in [6.07, 6.45) is 1.76. The van der Waals surface area contributed by atoms with E-state index < -0.39 is 0 Å². The fourth-order valence-corrected chi connectivity index (χ4v) is 1.28. The van der Waals surface area contributed by atoms with E-state index in [1.807, 2.05) is 6.92 Å². The van der Waals surface area contributed by atoms with Crippen molar-refractivity contribution >= 4 is 17.3 Å². The maximum Gasteiger partial charge on any atom is 0.127 e. The molecule has 1 aromatic carbocycles. The molecule has 0 spiro atoms. The molecule has 0 bridgehead atoms. The lowest BCUT2D eigenvalue weighted by molar-refractivity contribution is 0.618. The summed E-state index contributed by atoms with van der Waals surface area (Å²) >= 11 is 5.87. The zero-order valence-corrected chi connectivity index (χ0v) is 9.03. The topological polar surface area (TPSA) is 12.0 Å². The van der Waals surface area contributed by atoms with E-state index in [4.69, 9.17) is 11.6 Å². The molecule has 0 aliphatic carbocycles. The molecule has 0 saturated carbocycles. The van der Waals surface area contributed by atoms with E-state index in [9.17, 15) is 4.39 Å². The fraction of sp³-hybridized carbons (Fsp3) is 0.273. The average Bonchev–Trinajstić information content (AvgIpc) is 2.14. The molecule has 1 rings (SSSR count). The van der Waals surface area contributed by atoms with Crippen molar-refractivity contribution in [2.75, 3.05) is 5.32 Å². The van der Waals surface area contributed by atoms with Crippen LogP contribution in [0.15, 0.2) is 24.8 Å². The minimum atomic E-state index is -0.285. The third-order valence-electron chi connectivity index (χ3n) is 1.99. The summed E-state index contributed by atoms with van der Waals surface area (Å²) in [6, 6.07) is 3.12. The number of halogens is 2. The zero-order chi connectivity index (χ0) is 10.7. The highest BCUT2D eigenvalue weighted by molar-refractivity contribution is 6.33. The second-order valence-electron chi connectivity index (χ2n) is 3.25. The fourth-order valence-electron chi connectivity index (χ4n) is 1.07. The summed E-state index contributed by atoms with van der Waals surface area (Å²) in [7, 11) is 0. The molecule has 0 amide bonds. The van der Waals surface area contributed by atoms with Crippen molar-refractivity contribution in [1.29, 1.82) is 0 Å². The zero-order valence-electron chi connectivity index (χ0n) is 8.27. The molecule has 1 aromatic rings. The Hall–Kier alpha value is -1.02. The Morgan fingerprint density at radius 2 is 2.21 bits per heavy atom. The van der Waals surface area contributed by atoms with Crippen molar-refractivity contribution in [2.45, 2.75) is 19.9 Å². The lowest BCUT2D eigenvalue weighted by Crippen LogP contribution is -2.11. The molecule has 0 aliphatic rings. The maximum absolute atomic E-state index is 13.0. The second kappa shape index (κ2) is 4.47. The highest BCUT2D eigenvalue weighted by Crippen LogP contribution is 2.25. The first-order valence-electron chi connectivity index (χ1n) is 4.39. The van der Waals surface area contributed by atoms with Gasteiger partial charge in [0, 0.05) is 6.04 Å². The summed E-state index contributed by atoms with van der Waals surface area (Å²) in [6.45, 7) is 7.30. The number of hydrogen-bond acceptors (Lipinski definition) is 1. The summed E-state index contributed by atoms with van der Waals surface area (Å²) in [4.78, 5) is 0. The molecule has 0 aliphatic heterocycles. The first-order valence-corrected chi connectivity index (χ1v) is 4.77. The average molecular weight is 214 g/mol. The van der Waals surface area contributed by atoms with Crippen LogP contribution in [0, 0.1) is 12.7 Å². The smallest absolute Gasteiger partial charge is 0.127 e. The highest BCUT2D eigenvalue weighted by Gasteiger charge is 2.06. The predicted molar refractivity (Wildman–Crippen MR) is 59.4 cm³/mol. The summed E-state index contributed by atoms with van der Waals surface area (Å²) in [5, 5.41) is 3.50. The number of benzene rings is 1. The molecule has 1 nitrogen and oxygen atoms in total. The molecule has 0 saturated heterocycles. The maximum atomic E-state index is 13.0. The largest absolute Gasteiger partial charge is 0.378 e. The molecule has 14 heavy (non-hydrogen) atoms. The van der Waals surface area contributed by atoms with Gasteiger partial charge in [-0.05, 0) is 31.5 Å². The number of aryl methyl sites for hydroxylation is 1. The van der Waals surface area contributed by atoms with E-state index in [0.717, 1.165) is 5.69 Å². The van der Waals surface area contributed by atoms with Crippen LogP contribution >= 0.6 is 11.6 Å². The van der Waals surface area contributed by atoms with Gasteiger partial charge in [-0.3, -0.25) is 0 Å². The van der Waals surface area contributed by atoms with Crippen LogP contribution in [0.4, 0.5) is 10.1 Å². The normalized spacial score (nSPS) is 12.3. The van der Waals surface area contributed by atoms with Crippen molar-refractivity contribution in [3.63, 3.8) is 0 Å². The molecule has 0 fully saturated rings. The standard InChI is InChI=1S/C11H13ClFN/c1-4-8(3)14-11-5-7(2)10(13)6-9(11)12/h4-6,8,14H,1H2,2-3H3. The Morgan fingerprint density at radius 3 is 2.79 bits per heavy atom. The van der Waals surface area contributed by atoms with E-state index in [2.05, 4.69) is 11.9 Å². The minimum absolute atomic E-state index is 0.109. The molecule has 0 heterocycles. The summed E-state index contributed by atoms with van der Waals surface area (Å²) in [5.41, 5.74) is 1.31. The Kier molecular flexibility index (Phi) is 3.53. The number of hydrogen-bond donors (Lipinski definition) is 1. The number of nitrogens with one attached hydrogen (secondary N) is 1. The van der Waals surface area contributed by atoms with E-state index in [1.165, 1.54) is 6.07 Å². The Balaban J connectivity index is 2.97. The first-order chi connectivity index (χ1) is 6.54. The Bertz CT molecular complexity index is 349. The second-order valence-corrected chi connectivity index (χ2v) is 3.66.